The van der Waals surface area contributed by atoms with E-state index in [0.717, 1.165) is 11.1 Å². The summed E-state index contributed by atoms with van der Waals surface area (Å²) < 4.78 is 21.0. The molecule has 0 radical (unpaired) electrons. The second-order valence-electron chi connectivity index (χ2n) is 10.1. The Labute approximate surface area is 248 Å². The van der Waals surface area contributed by atoms with Crippen molar-refractivity contribution in [2.24, 2.45) is 0 Å². The van der Waals surface area contributed by atoms with Crippen LogP contribution in [-0.2, 0) is 46.3 Å². The van der Waals surface area contributed by atoms with Gasteiger partial charge in [0.1, 0.15) is 32.2 Å². The maximum atomic E-state index is 12.7. The fourth-order valence-corrected chi connectivity index (χ4v) is 3.95. The number of aliphatic hydroxyl groups excluding tert-OH is 2. The van der Waals surface area contributed by atoms with Crippen LogP contribution in [0.4, 0.5) is 0 Å². The van der Waals surface area contributed by atoms with Gasteiger partial charge in [-0.2, -0.15) is 0 Å². The fourth-order valence-electron chi connectivity index (χ4n) is 3.95. The molecule has 0 fully saturated rings. The molecule has 1 aromatic rings. The second-order valence-corrected chi connectivity index (χ2v) is 10.1. The van der Waals surface area contributed by atoms with Crippen LogP contribution in [0.5, 0.6) is 5.75 Å². The number of fused-ring (bicyclic) bond motifs is 1. The fraction of sp³-hybridized carbons (Fsp3) is 0.692. The summed E-state index contributed by atoms with van der Waals surface area (Å²) in [5.41, 5.74) is 1.00. The summed E-state index contributed by atoms with van der Waals surface area (Å²) in [5, 5.41) is 37.8. The molecule has 244 valence electrons. The van der Waals surface area contributed by atoms with E-state index in [1.54, 1.807) is 32.9 Å². The number of carbonyl (C=O) groups is 2. The Kier molecular flexibility index (Phi) is 16.8. The summed E-state index contributed by atoms with van der Waals surface area (Å²) in [6.07, 6.45) is -2.00. The lowest BCUT2D eigenvalue weighted by Gasteiger charge is -2.37. The quantitative estimate of drug-likeness (QED) is 0.0990. The smallest absolute Gasteiger partial charge is 0.294 e. The van der Waals surface area contributed by atoms with Gasteiger partial charge in [0.05, 0.1) is 32.0 Å². The van der Waals surface area contributed by atoms with Gasteiger partial charge in [0.2, 0.25) is 5.91 Å². The van der Waals surface area contributed by atoms with E-state index >= 15 is 0 Å². The van der Waals surface area contributed by atoms with Crippen molar-refractivity contribution in [1.82, 2.24) is 4.90 Å². The van der Waals surface area contributed by atoms with Crippen molar-refractivity contribution >= 4 is 12.4 Å². The van der Waals surface area contributed by atoms with E-state index in [-0.39, 0.29) is 59.1 Å². The van der Waals surface area contributed by atoms with Crippen LogP contribution in [0.25, 0.3) is 0 Å². The Morgan fingerprint density at radius 3 is 2.21 bits per heavy atom. The molecule has 0 saturated carbocycles. The van der Waals surface area contributed by atoms with E-state index < -0.39 is 39.9 Å². The van der Waals surface area contributed by atoms with E-state index in [0.29, 0.717) is 18.8 Å². The summed E-state index contributed by atoms with van der Waals surface area (Å²) in [5.74, 6) is 0.105. The summed E-state index contributed by atoms with van der Waals surface area (Å²) >= 11 is 0. The Hall–Kier alpha value is -3.80. The molecule has 1 aromatic carbocycles. The van der Waals surface area contributed by atoms with Crippen molar-refractivity contribution in [3.63, 3.8) is 0 Å². The van der Waals surface area contributed by atoms with Gasteiger partial charge in [0.25, 0.3) is 16.6 Å². The molecule has 2 N–H and O–H groups in total. The molecular formula is C26H41N3O14. The van der Waals surface area contributed by atoms with Crippen molar-refractivity contribution in [3.05, 3.63) is 49.6 Å². The maximum absolute atomic E-state index is 12.7. The number of amides is 1. The van der Waals surface area contributed by atoms with Crippen LogP contribution in [0.15, 0.2) is 18.2 Å². The zero-order valence-electron chi connectivity index (χ0n) is 24.7. The lowest BCUT2D eigenvalue weighted by atomic mass is 9.87. The molecule has 3 unspecified atom stereocenters. The first-order chi connectivity index (χ1) is 20.3. The molecule has 0 saturated heterocycles. The van der Waals surface area contributed by atoms with Gasteiger partial charge in [0.15, 0.2) is 6.10 Å². The number of hydrogen-bond acceptors (Lipinski definition) is 14. The molecule has 1 amide bonds. The maximum Gasteiger partial charge on any atom is 0.294 e. The van der Waals surface area contributed by atoms with Gasteiger partial charge in [0, 0.05) is 30.6 Å². The molecule has 1 aliphatic carbocycles. The van der Waals surface area contributed by atoms with Crippen LogP contribution in [0, 0.1) is 20.2 Å². The van der Waals surface area contributed by atoms with Gasteiger partial charge in [-0.05, 0) is 39.3 Å². The molecule has 17 heteroatoms. The largest absolute Gasteiger partial charge is 0.489 e. The average molecular weight is 620 g/mol. The van der Waals surface area contributed by atoms with Crippen LogP contribution >= 0.6 is 0 Å². The predicted octanol–water partition coefficient (Wildman–Crippen LogP) is 0.511. The van der Waals surface area contributed by atoms with Gasteiger partial charge in [-0.1, -0.05) is 12.1 Å². The lowest BCUT2D eigenvalue weighted by Crippen LogP contribution is -2.52. The first-order valence-corrected chi connectivity index (χ1v) is 13.5. The SMILES string of the molecule is CC(C)(C)N(CC(COc1cccc2c1CC(O)C(O)C2)OC=O)C(=O)COCCO[N+](=O)[O-].CCOCCO[N+](=O)[O-]. The topological polar surface area (TPSA) is 220 Å². The van der Waals surface area contributed by atoms with Crippen molar-refractivity contribution in [3.8, 4) is 5.75 Å². The minimum Gasteiger partial charge on any atom is -0.489 e. The minimum absolute atomic E-state index is 0.0147. The highest BCUT2D eigenvalue weighted by Gasteiger charge is 2.31. The number of ether oxygens (including phenoxy) is 4. The second kappa shape index (κ2) is 19.4. The minimum atomic E-state index is -0.944. The first-order valence-electron chi connectivity index (χ1n) is 13.5. The summed E-state index contributed by atoms with van der Waals surface area (Å²) in [7, 11) is 0. The molecule has 3 atom stereocenters. The average Bonchev–Trinajstić information content (AvgIpc) is 2.92. The van der Waals surface area contributed by atoms with E-state index in [1.165, 1.54) is 4.90 Å². The summed E-state index contributed by atoms with van der Waals surface area (Å²) in [6.45, 7) is 7.56. The van der Waals surface area contributed by atoms with E-state index in [4.69, 9.17) is 18.9 Å². The molecule has 1 aliphatic rings. The normalized spacial score (nSPS) is 16.4. The monoisotopic (exact) mass is 619 g/mol. The van der Waals surface area contributed by atoms with E-state index in [9.17, 15) is 40.0 Å². The first kappa shape index (κ1) is 37.2. The molecule has 0 aromatic heterocycles. The highest BCUT2D eigenvalue weighted by atomic mass is 17.0. The number of nitrogens with zero attached hydrogens (tertiary/aromatic N) is 3. The Morgan fingerprint density at radius 1 is 1.05 bits per heavy atom. The molecule has 2 rings (SSSR count). The zero-order chi connectivity index (χ0) is 32.4. The number of hydrogen-bond donors (Lipinski definition) is 2. The van der Waals surface area contributed by atoms with Gasteiger partial charge in [-0.15, -0.1) is 20.2 Å². The van der Waals surface area contributed by atoms with Crippen molar-refractivity contribution in [2.45, 2.75) is 64.4 Å². The highest BCUT2D eigenvalue weighted by molar-refractivity contribution is 5.78. The predicted molar refractivity (Wildman–Crippen MR) is 147 cm³/mol. The van der Waals surface area contributed by atoms with E-state index in [2.05, 4.69) is 9.68 Å². The summed E-state index contributed by atoms with van der Waals surface area (Å²) in [6, 6.07) is 5.36. The van der Waals surface area contributed by atoms with Crippen molar-refractivity contribution in [2.75, 3.05) is 52.8 Å². The molecule has 17 nitrogen and oxygen atoms in total. The Balaban J connectivity index is 0.000000887. The van der Waals surface area contributed by atoms with Crippen LogP contribution in [0.1, 0.15) is 38.8 Å². The molecule has 0 heterocycles. The van der Waals surface area contributed by atoms with Gasteiger partial charge >= 0.3 is 0 Å². The molecule has 0 bridgehead atoms. The van der Waals surface area contributed by atoms with Crippen LogP contribution in [-0.4, -0.2) is 114 Å². The molecule has 43 heavy (non-hydrogen) atoms. The summed E-state index contributed by atoms with van der Waals surface area (Å²) in [4.78, 5) is 53.1. The van der Waals surface area contributed by atoms with Gasteiger partial charge in [-0.3, -0.25) is 9.59 Å². The standard InChI is InChI=1S/C22H32N2O10.C4H9NO4/c1-22(2,3)23(21(28)13-31-7-8-34-24(29)30)11-16(33-14-25)12-32-20-6-4-5-15-9-18(26)19(27)10-17(15)20;1-2-8-3-4-9-5(6)7/h4-6,14,16,18-19,26-27H,7-13H2,1-3H3;2-4H2,1H3. The van der Waals surface area contributed by atoms with Crippen LogP contribution in [0.3, 0.4) is 0 Å². The lowest BCUT2D eigenvalue weighted by molar-refractivity contribution is -0.758. The molecule has 0 spiro atoms. The number of rotatable bonds is 18. The Morgan fingerprint density at radius 2 is 1.65 bits per heavy atom. The third kappa shape index (κ3) is 14.8. The number of carbonyl (C=O) groups excluding carboxylic acids is 2. The molecule has 0 aliphatic heterocycles. The number of benzene rings is 1. The zero-order valence-corrected chi connectivity index (χ0v) is 24.7. The third-order valence-corrected chi connectivity index (χ3v) is 5.96. The Bertz CT molecular complexity index is 1020. The third-order valence-electron chi connectivity index (χ3n) is 5.96. The van der Waals surface area contributed by atoms with Gasteiger partial charge in [-0.25, -0.2) is 0 Å². The van der Waals surface area contributed by atoms with Crippen molar-refractivity contribution < 1.29 is 58.6 Å². The van der Waals surface area contributed by atoms with E-state index in [1.807, 2.05) is 13.0 Å². The number of aliphatic hydroxyl groups is 2. The highest BCUT2D eigenvalue weighted by Crippen LogP contribution is 2.30. The van der Waals surface area contributed by atoms with Crippen LogP contribution in [0.2, 0.25) is 0 Å². The van der Waals surface area contributed by atoms with Crippen LogP contribution < -0.4 is 4.74 Å². The molecular weight excluding hydrogens is 578 g/mol. The van der Waals surface area contributed by atoms with Crippen molar-refractivity contribution in [1.29, 1.82) is 0 Å². The van der Waals surface area contributed by atoms with Gasteiger partial charge < -0.3 is 43.7 Å².